The van der Waals surface area contributed by atoms with Gasteiger partial charge >= 0.3 is 0 Å². The third-order valence-corrected chi connectivity index (χ3v) is 5.63. The van der Waals surface area contributed by atoms with E-state index >= 15 is 0 Å². The summed E-state index contributed by atoms with van der Waals surface area (Å²) in [4.78, 5) is 34.3. The molecule has 28 heavy (non-hydrogen) atoms. The number of anilines is 1. The fourth-order valence-electron chi connectivity index (χ4n) is 3.86. The van der Waals surface area contributed by atoms with Gasteiger partial charge < -0.3 is 15.5 Å². The van der Waals surface area contributed by atoms with E-state index in [0.717, 1.165) is 18.7 Å². The number of likely N-dealkylation sites (N-methyl/N-ethyl adjacent to an activating group) is 1. The maximum Gasteiger partial charge on any atom is 0.278 e. The third-order valence-electron chi connectivity index (χ3n) is 5.63. The lowest BCUT2D eigenvalue weighted by molar-refractivity contribution is -0.883. The van der Waals surface area contributed by atoms with Crippen LogP contribution in [0.25, 0.3) is 16.7 Å². The summed E-state index contributed by atoms with van der Waals surface area (Å²) in [5.41, 5.74) is 8.59. The number of hydrogen-bond donors (Lipinski definition) is 2. The van der Waals surface area contributed by atoms with Crippen LogP contribution in [0, 0.1) is 6.92 Å². The summed E-state index contributed by atoms with van der Waals surface area (Å²) in [7, 11) is 2.12. The highest BCUT2D eigenvalue weighted by Gasteiger charge is 2.29. The number of nitrogens with two attached hydrogens (primary N) is 1. The third kappa shape index (κ3) is 2.80. The first-order valence-corrected chi connectivity index (χ1v) is 9.67. The average Bonchev–Trinajstić information content (AvgIpc) is 2.69. The number of carbonyl (C=O) groups is 1. The monoisotopic (exact) mass is 382 g/mol. The van der Waals surface area contributed by atoms with Crippen molar-refractivity contribution in [2.45, 2.75) is 20.4 Å². The fourth-order valence-corrected chi connectivity index (χ4v) is 3.86. The molecule has 1 fully saturated rings. The van der Waals surface area contributed by atoms with E-state index in [1.54, 1.807) is 16.8 Å². The van der Waals surface area contributed by atoms with Gasteiger partial charge in [0.15, 0.2) is 0 Å². The van der Waals surface area contributed by atoms with Crippen LogP contribution in [-0.4, -0.2) is 53.4 Å². The number of piperazine rings is 1. The number of nitrogen functional groups attached to an aromatic ring is 1. The molecule has 0 unspecified atom stereocenters. The van der Waals surface area contributed by atoms with Crippen molar-refractivity contribution in [2.24, 2.45) is 0 Å². The van der Waals surface area contributed by atoms with Gasteiger partial charge in [0.1, 0.15) is 10.9 Å². The van der Waals surface area contributed by atoms with E-state index in [-0.39, 0.29) is 11.5 Å². The summed E-state index contributed by atoms with van der Waals surface area (Å²) in [6.07, 6.45) is 1.70. The summed E-state index contributed by atoms with van der Waals surface area (Å²) in [5, 5.41) is 0.405. The highest BCUT2D eigenvalue weighted by Crippen LogP contribution is 2.17. The van der Waals surface area contributed by atoms with Gasteiger partial charge in [0.05, 0.1) is 39.8 Å². The molecule has 1 amide bonds. The molecule has 4 heterocycles. The first kappa shape index (κ1) is 18.4. The second-order valence-electron chi connectivity index (χ2n) is 7.48. The van der Waals surface area contributed by atoms with E-state index in [1.807, 2.05) is 30.9 Å². The highest BCUT2D eigenvalue weighted by molar-refractivity contribution is 6.00. The Hall–Kier alpha value is -3.00. The standard InChI is InChI=1S/C20H24N6O2/c1-4-25-16(21)14(19(27)24-10-8-23(3)9-11-24)12-15-18(25)22-17-13(2)6-5-7-26(17)20(15)28/h5-7,12,21H,4,8-11H2,1-3H3/p+2. The van der Waals surface area contributed by atoms with Gasteiger partial charge in [-0.3, -0.25) is 14.0 Å². The molecule has 0 spiro atoms. The number of nitrogens with zero attached hydrogens (tertiary/aromatic N) is 4. The van der Waals surface area contributed by atoms with Crippen molar-refractivity contribution in [3.8, 4) is 0 Å². The minimum atomic E-state index is -0.192. The van der Waals surface area contributed by atoms with Gasteiger partial charge in [0.2, 0.25) is 11.5 Å². The number of carbonyl (C=O) groups excluding carboxylic acids is 1. The minimum Gasteiger partial charge on any atom is -0.334 e. The van der Waals surface area contributed by atoms with Crippen molar-refractivity contribution in [3.63, 3.8) is 0 Å². The summed E-state index contributed by atoms with van der Waals surface area (Å²) < 4.78 is 3.29. The molecule has 3 aromatic rings. The Morgan fingerprint density at radius 3 is 2.75 bits per heavy atom. The second-order valence-corrected chi connectivity index (χ2v) is 7.48. The van der Waals surface area contributed by atoms with Crippen LogP contribution in [0.15, 0.2) is 29.2 Å². The second kappa shape index (κ2) is 6.87. The molecule has 146 valence electrons. The van der Waals surface area contributed by atoms with Crippen molar-refractivity contribution in [1.82, 2.24) is 14.3 Å². The molecule has 3 aromatic heterocycles. The zero-order valence-corrected chi connectivity index (χ0v) is 16.5. The van der Waals surface area contributed by atoms with E-state index in [9.17, 15) is 9.59 Å². The molecule has 0 bridgehead atoms. The number of amides is 1. The van der Waals surface area contributed by atoms with E-state index in [4.69, 9.17) is 10.7 Å². The molecule has 3 N–H and O–H groups in total. The normalized spacial score (nSPS) is 15.5. The van der Waals surface area contributed by atoms with Crippen molar-refractivity contribution in [3.05, 3.63) is 45.9 Å². The van der Waals surface area contributed by atoms with Crippen molar-refractivity contribution >= 4 is 28.4 Å². The van der Waals surface area contributed by atoms with Gasteiger partial charge in [0, 0.05) is 11.8 Å². The molecule has 1 saturated heterocycles. The van der Waals surface area contributed by atoms with Crippen molar-refractivity contribution < 1.29 is 14.3 Å². The molecule has 4 rings (SSSR count). The molecular weight excluding hydrogens is 356 g/mol. The number of nitrogens with one attached hydrogen (secondary N) is 1. The SMILES string of the molecule is CC[n+]1c(N)c(C(=O)N2CC[NH+](C)CC2)cc2c(=O)n3cccc(C)c3nc21. The van der Waals surface area contributed by atoms with Crippen LogP contribution in [0.4, 0.5) is 5.82 Å². The van der Waals surface area contributed by atoms with Gasteiger partial charge in [-0.15, -0.1) is 0 Å². The molecule has 0 aromatic carbocycles. The Morgan fingerprint density at radius 2 is 2.07 bits per heavy atom. The van der Waals surface area contributed by atoms with E-state index < -0.39 is 0 Å². The largest absolute Gasteiger partial charge is 0.334 e. The lowest BCUT2D eigenvalue weighted by atomic mass is 10.1. The molecule has 0 radical (unpaired) electrons. The predicted molar refractivity (Wildman–Crippen MR) is 107 cm³/mol. The molecule has 8 heteroatoms. The van der Waals surface area contributed by atoms with Crippen LogP contribution in [0.3, 0.4) is 0 Å². The Balaban J connectivity index is 1.95. The lowest BCUT2D eigenvalue weighted by Gasteiger charge is -2.30. The molecular formula is C20H26N6O2+2. The lowest BCUT2D eigenvalue weighted by Crippen LogP contribution is -3.12. The summed E-state index contributed by atoms with van der Waals surface area (Å²) in [6.45, 7) is 7.54. The molecule has 1 aliphatic rings. The van der Waals surface area contributed by atoms with Gasteiger partial charge in [0.25, 0.3) is 17.1 Å². The summed E-state index contributed by atoms with van der Waals surface area (Å²) >= 11 is 0. The van der Waals surface area contributed by atoms with Crippen LogP contribution < -0.4 is 20.8 Å². The zero-order chi connectivity index (χ0) is 20.0. The van der Waals surface area contributed by atoms with Crippen LogP contribution in [-0.2, 0) is 6.54 Å². The van der Waals surface area contributed by atoms with Gasteiger partial charge in [-0.25, -0.2) is 4.57 Å². The highest BCUT2D eigenvalue weighted by atomic mass is 16.2. The van der Waals surface area contributed by atoms with Crippen LogP contribution in [0.1, 0.15) is 22.8 Å². The Kier molecular flexibility index (Phi) is 4.50. The average molecular weight is 382 g/mol. The number of fused-ring (bicyclic) bond motifs is 2. The van der Waals surface area contributed by atoms with Crippen molar-refractivity contribution in [2.75, 3.05) is 39.0 Å². The molecule has 0 atom stereocenters. The maximum atomic E-state index is 13.2. The molecule has 0 saturated carbocycles. The van der Waals surface area contributed by atoms with Crippen molar-refractivity contribution in [1.29, 1.82) is 0 Å². The quantitative estimate of drug-likeness (QED) is 0.440. The maximum absolute atomic E-state index is 13.2. The number of quaternary nitrogens is 1. The van der Waals surface area contributed by atoms with Gasteiger partial charge in [-0.05, 0) is 26.0 Å². The van der Waals surface area contributed by atoms with Crippen LogP contribution in [0.2, 0.25) is 0 Å². The number of pyridine rings is 2. The number of rotatable bonds is 2. The number of hydrogen-bond acceptors (Lipinski definition) is 4. The zero-order valence-electron chi connectivity index (χ0n) is 16.5. The Labute approximate surface area is 162 Å². The summed E-state index contributed by atoms with van der Waals surface area (Å²) in [6, 6.07) is 5.36. The Bertz CT molecular complexity index is 1150. The Morgan fingerprint density at radius 1 is 1.36 bits per heavy atom. The first-order chi connectivity index (χ1) is 13.4. The van der Waals surface area contributed by atoms with Crippen LogP contribution >= 0.6 is 0 Å². The van der Waals surface area contributed by atoms with Crippen LogP contribution in [0.5, 0.6) is 0 Å². The van der Waals surface area contributed by atoms with E-state index in [1.165, 1.54) is 9.30 Å². The topological polar surface area (TPSA) is 89.0 Å². The van der Waals surface area contributed by atoms with E-state index in [0.29, 0.717) is 47.7 Å². The smallest absolute Gasteiger partial charge is 0.278 e. The first-order valence-electron chi connectivity index (χ1n) is 9.67. The summed E-state index contributed by atoms with van der Waals surface area (Å²) in [5.74, 6) is 0.235. The molecule has 0 aliphatic carbocycles. The minimum absolute atomic E-state index is 0.122. The van der Waals surface area contributed by atoms with Gasteiger partial charge in [-0.2, -0.15) is 0 Å². The fraction of sp³-hybridized carbons (Fsp3) is 0.400. The van der Waals surface area contributed by atoms with Gasteiger partial charge in [-0.1, -0.05) is 11.1 Å². The number of aromatic nitrogens is 3. The van der Waals surface area contributed by atoms with E-state index in [2.05, 4.69) is 7.05 Å². The molecule has 1 aliphatic heterocycles. The molecule has 8 nitrogen and oxygen atoms in total. The predicted octanol–water partition coefficient (Wildman–Crippen LogP) is -0.984. The number of aryl methyl sites for hydroxylation is 2.